The van der Waals surface area contributed by atoms with Crippen molar-refractivity contribution in [3.63, 3.8) is 0 Å². The Kier molecular flexibility index (Phi) is 4.66. The molecule has 0 heterocycles. The van der Waals surface area contributed by atoms with E-state index in [1.54, 1.807) is 42.5 Å². The van der Waals surface area contributed by atoms with Crippen LogP contribution >= 0.6 is 0 Å². The first-order valence-corrected chi connectivity index (χ1v) is 6.70. The number of primary amides is 1. The molecule has 0 fully saturated rings. The van der Waals surface area contributed by atoms with Gasteiger partial charge in [0.25, 0.3) is 5.91 Å². The highest BCUT2D eigenvalue weighted by molar-refractivity contribution is 5.95. The van der Waals surface area contributed by atoms with E-state index in [0.717, 1.165) is 6.42 Å². The van der Waals surface area contributed by atoms with Crippen LogP contribution in [0.2, 0.25) is 0 Å². The zero-order chi connectivity index (χ0) is 15.2. The number of rotatable bonds is 6. The first-order valence-electron chi connectivity index (χ1n) is 6.70. The lowest BCUT2D eigenvalue weighted by molar-refractivity contribution is 0.0998. The second kappa shape index (κ2) is 6.65. The molecule has 5 heteroatoms. The second-order valence-corrected chi connectivity index (χ2v) is 4.55. The highest BCUT2D eigenvalue weighted by atomic mass is 16.5. The van der Waals surface area contributed by atoms with Gasteiger partial charge in [0.1, 0.15) is 17.2 Å². The number of nitrogen functional groups attached to an aromatic ring is 1. The Morgan fingerprint density at radius 1 is 1.14 bits per heavy atom. The third kappa shape index (κ3) is 3.89. The molecule has 2 rings (SSSR count). The number of ether oxygens (including phenoxy) is 2. The number of para-hydroxylation sites is 1. The minimum absolute atomic E-state index is 0.316. The number of hydrogen-bond donors (Lipinski definition) is 2. The number of carbonyl (C=O) groups excluding carboxylic acids is 1. The SMILES string of the molecule is CCCOc1cc(N)cc(Oc2ccccc2C(N)=O)c1. The molecule has 1 amide bonds. The molecule has 0 aliphatic carbocycles. The fourth-order valence-corrected chi connectivity index (χ4v) is 1.84. The topological polar surface area (TPSA) is 87.6 Å². The van der Waals surface area contributed by atoms with Crippen LogP contribution in [-0.4, -0.2) is 12.5 Å². The van der Waals surface area contributed by atoms with Gasteiger partial charge in [-0.15, -0.1) is 0 Å². The Hall–Kier alpha value is -2.69. The van der Waals surface area contributed by atoms with Gasteiger partial charge in [0.05, 0.1) is 12.2 Å². The van der Waals surface area contributed by atoms with E-state index in [4.69, 9.17) is 20.9 Å². The lowest BCUT2D eigenvalue weighted by Gasteiger charge is -2.12. The maximum Gasteiger partial charge on any atom is 0.252 e. The lowest BCUT2D eigenvalue weighted by Crippen LogP contribution is -2.12. The summed E-state index contributed by atoms with van der Waals surface area (Å²) in [7, 11) is 0. The van der Waals surface area contributed by atoms with Crippen molar-refractivity contribution in [1.82, 2.24) is 0 Å². The van der Waals surface area contributed by atoms with E-state index in [0.29, 0.717) is 35.1 Å². The fourth-order valence-electron chi connectivity index (χ4n) is 1.84. The van der Waals surface area contributed by atoms with Crippen LogP contribution in [0.15, 0.2) is 42.5 Å². The van der Waals surface area contributed by atoms with E-state index >= 15 is 0 Å². The van der Waals surface area contributed by atoms with Crippen LogP contribution in [0.3, 0.4) is 0 Å². The zero-order valence-electron chi connectivity index (χ0n) is 11.8. The van der Waals surface area contributed by atoms with Crippen molar-refractivity contribution in [2.24, 2.45) is 5.73 Å². The van der Waals surface area contributed by atoms with E-state index in [1.165, 1.54) is 0 Å². The predicted molar refractivity (Wildman–Crippen MR) is 81.7 cm³/mol. The predicted octanol–water partition coefficient (Wildman–Crippen LogP) is 2.95. The van der Waals surface area contributed by atoms with Crippen LogP contribution in [0.5, 0.6) is 17.2 Å². The van der Waals surface area contributed by atoms with Crippen LogP contribution in [0.4, 0.5) is 5.69 Å². The molecule has 0 unspecified atom stereocenters. The average molecular weight is 286 g/mol. The van der Waals surface area contributed by atoms with Crippen molar-refractivity contribution in [3.05, 3.63) is 48.0 Å². The van der Waals surface area contributed by atoms with Crippen LogP contribution < -0.4 is 20.9 Å². The number of carbonyl (C=O) groups is 1. The molecule has 0 aliphatic rings. The Morgan fingerprint density at radius 3 is 2.57 bits per heavy atom. The summed E-state index contributed by atoms with van der Waals surface area (Å²) in [6.07, 6.45) is 0.898. The van der Waals surface area contributed by atoms with Crippen molar-refractivity contribution < 1.29 is 14.3 Å². The van der Waals surface area contributed by atoms with Gasteiger partial charge in [-0.25, -0.2) is 0 Å². The maximum atomic E-state index is 11.4. The first-order chi connectivity index (χ1) is 10.1. The molecule has 4 N–H and O–H groups in total. The molecule has 5 nitrogen and oxygen atoms in total. The summed E-state index contributed by atoms with van der Waals surface area (Å²) in [5.41, 5.74) is 12.0. The molecular formula is C16H18N2O3. The number of anilines is 1. The smallest absolute Gasteiger partial charge is 0.252 e. The third-order valence-corrected chi connectivity index (χ3v) is 2.76. The summed E-state index contributed by atoms with van der Waals surface area (Å²) < 4.78 is 11.3. The highest BCUT2D eigenvalue weighted by Gasteiger charge is 2.10. The largest absolute Gasteiger partial charge is 0.493 e. The molecule has 0 saturated heterocycles. The molecule has 0 spiro atoms. The van der Waals surface area contributed by atoms with E-state index in [2.05, 4.69) is 0 Å². The van der Waals surface area contributed by atoms with E-state index < -0.39 is 5.91 Å². The molecule has 21 heavy (non-hydrogen) atoms. The normalized spacial score (nSPS) is 10.1. The molecular weight excluding hydrogens is 268 g/mol. The fraction of sp³-hybridized carbons (Fsp3) is 0.188. The monoisotopic (exact) mass is 286 g/mol. The van der Waals surface area contributed by atoms with Gasteiger partial charge in [0.2, 0.25) is 0 Å². The van der Waals surface area contributed by atoms with Crippen LogP contribution in [0.1, 0.15) is 23.7 Å². The third-order valence-electron chi connectivity index (χ3n) is 2.76. The van der Waals surface area contributed by atoms with Gasteiger partial charge in [0.15, 0.2) is 0 Å². The van der Waals surface area contributed by atoms with Crippen molar-refractivity contribution in [3.8, 4) is 17.2 Å². The van der Waals surface area contributed by atoms with Crippen LogP contribution in [0, 0.1) is 0 Å². The minimum atomic E-state index is -0.544. The first kappa shape index (κ1) is 14.7. The average Bonchev–Trinajstić information content (AvgIpc) is 2.45. The van der Waals surface area contributed by atoms with Crippen molar-refractivity contribution >= 4 is 11.6 Å². The molecule has 0 radical (unpaired) electrons. The molecule has 0 bridgehead atoms. The summed E-state index contributed by atoms with van der Waals surface area (Å²) in [5, 5.41) is 0. The maximum absolute atomic E-state index is 11.4. The summed E-state index contributed by atoms with van der Waals surface area (Å²) in [4.78, 5) is 11.4. The number of hydrogen-bond acceptors (Lipinski definition) is 4. The Bertz CT molecular complexity index is 641. The molecule has 110 valence electrons. The van der Waals surface area contributed by atoms with Gasteiger partial charge in [0, 0.05) is 23.9 Å². The van der Waals surface area contributed by atoms with Gasteiger partial charge in [-0.2, -0.15) is 0 Å². The quantitative estimate of drug-likeness (QED) is 0.799. The van der Waals surface area contributed by atoms with Gasteiger partial charge in [-0.1, -0.05) is 19.1 Å². The van der Waals surface area contributed by atoms with Crippen molar-refractivity contribution in [2.45, 2.75) is 13.3 Å². The summed E-state index contributed by atoms with van der Waals surface area (Å²) in [6.45, 7) is 2.62. The molecule has 2 aromatic carbocycles. The minimum Gasteiger partial charge on any atom is -0.493 e. The molecule has 0 aromatic heterocycles. The van der Waals surface area contributed by atoms with E-state index in [-0.39, 0.29) is 0 Å². The lowest BCUT2D eigenvalue weighted by atomic mass is 10.2. The summed E-state index contributed by atoms with van der Waals surface area (Å²) in [5.74, 6) is 0.965. The number of nitrogens with two attached hydrogens (primary N) is 2. The summed E-state index contributed by atoms with van der Waals surface area (Å²) >= 11 is 0. The molecule has 0 atom stereocenters. The van der Waals surface area contributed by atoms with Gasteiger partial charge in [-0.3, -0.25) is 4.79 Å². The van der Waals surface area contributed by atoms with Crippen LogP contribution in [0.25, 0.3) is 0 Å². The molecule has 0 aliphatic heterocycles. The molecule has 0 saturated carbocycles. The highest BCUT2D eigenvalue weighted by Crippen LogP contribution is 2.30. The van der Waals surface area contributed by atoms with Gasteiger partial charge in [-0.05, 0) is 18.6 Å². The van der Waals surface area contributed by atoms with Gasteiger partial charge < -0.3 is 20.9 Å². The Balaban J connectivity index is 2.27. The van der Waals surface area contributed by atoms with Crippen molar-refractivity contribution in [2.75, 3.05) is 12.3 Å². The van der Waals surface area contributed by atoms with Gasteiger partial charge >= 0.3 is 0 Å². The van der Waals surface area contributed by atoms with E-state index in [9.17, 15) is 4.79 Å². The number of amides is 1. The van der Waals surface area contributed by atoms with Crippen molar-refractivity contribution in [1.29, 1.82) is 0 Å². The standard InChI is InChI=1S/C16H18N2O3/c1-2-7-20-12-8-11(17)9-13(10-12)21-15-6-4-3-5-14(15)16(18)19/h3-6,8-10H,2,7,17H2,1H3,(H2,18,19). The van der Waals surface area contributed by atoms with Crippen LogP contribution in [-0.2, 0) is 0 Å². The number of benzene rings is 2. The Labute approximate surface area is 123 Å². The Morgan fingerprint density at radius 2 is 1.86 bits per heavy atom. The summed E-state index contributed by atoms with van der Waals surface area (Å²) in [6, 6.07) is 11.9. The second-order valence-electron chi connectivity index (χ2n) is 4.55. The molecule has 2 aromatic rings. The zero-order valence-corrected chi connectivity index (χ0v) is 11.8. The van der Waals surface area contributed by atoms with E-state index in [1.807, 2.05) is 6.92 Å².